The van der Waals surface area contributed by atoms with Crippen molar-refractivity contribution in [3.05, 3.63) is 5.82 Å². The molecule has 0 spiro atoms. The zero-order valence-electron chi connectivity index (χ0n) is 10.0. The van der Waals surface area contributed by atoms with E-state index in [0.717, 1.165) is 36.0 Å². The minimum Gasteiger partial charge on any atom is -0.336 e. The molecule has 0 aliphatic heterocycles. The summed E-state index contributed by atoms with van der Waals surface area (Å²) in [6.07, 6.45) is 3.05. The van der Waals surface area contributed by atoms with Gasteiger partial charge < -0.3 is 11.6 Å². The van der Waals surface area contributed by atoms with Crippen molar-refractivity contribution < 1.29 is 0 Å². The van der Waals surface area contributed by atoms with Crippen LogP contribution < -0.4 is 11.6 Å². The molecular formula is C10H21N5S. The number of nitrogens with two attached hydrogens (primary N) is 2. The van der Waals surface area contributed by atoms with Crippen molar-refractivity contribution in [1.29, 1.82) is 0 Å². The number of aromatic nitrogens is 3. The summed E-state index contributed by atoms with van der Waals surface area (Å²) in [7, 11) is 0. The maximum Gasteiger partial charge on any atom is 0.209 e. The molecule has 5 nitrogen and oxygen atoms in total. The van der Waals surface area contributed by atoms with E-state index in [2.05, 4.69) is 24.0 Å². The third kappa shape index (κ3) is 3.12. The van der Waals surface area contributed by atoms with E-state index in [1.807, 2.05) is 0 Å². The number of nitrogen functional groups attached to an aromatic ring is 1. The first-order valence-corrected chi connectivity index (χ1v) is 6.76. The van der Waals surface area contributed by atoms with Gasteiger partial charge in [-0.2, -0.15) is 0 Å². The predicted molar refractivity (Wildman–Crippen MR) is 67.9 cm³/mol. The first-order chi connectivity index (χ1) is 7.74. The first-order valence-electron chi connectivity index (χ1n) is 5.77. The molecule has 0 saturated heterocycles. The molecule has 1 aromatic rings. The second-order valence-electron chi connectivity index (χ2n) is 3.71. The summed E-state index contributed by atoms with van der Waals surface area (Å²) in [6.45, 7) is 4.99. The Morgan fingerprint density at radius 3 is 2.56 bits per heavy atom. The lowest BCUT2D eigenvalue weighted by atomic mass is 10.0. The summed E-state index contributed by atoms with van der Waals surface area (Å²) in [5.74, 6) is 8.21. The van der Waals surface area contributed by atoms with E-state index >= 15 is 0 Å². The fourth-order valence-electron chi connectivity index (χ4n) is 1.57. The molecule has 0 aromatic carbocycles. The maximum atomic E-state index is 5.98. The molecule has 0 aliphatic rings. The Bertz CT molecular complexity index is 308. The van der Waals surface area contributed by atoms with Gasteiger partial charge in [-0.05, 0) is 25.8 Å². The van der Waals surface area contributed by atoms with Crippen LogP contribution in [0.15, 0.2) is 5.16 Å². The molecule has 1 aromatic heterocycles. The second kappa shape index (κ2) is 6.75. The van der Waals surface area contributed by atoms with Crippen LogP contribution in [0.1, 0.15) is 44.9 Å². The minimum atomic E-state index is 0.404. The molecule has 0 radical (unpaired) electrons. The smallest absolute Gasteiger partial charge is 0.209 e. The summed E-state index contributed by atoms with van der Waals surface area (Å²) < 4.78 is 1.62. The summed E-state index contributed by atoms with van der Waals surface area (Å²) in [5.41, 5.74) is 5.44. The van der Waals surface area contributed by atoms with Crippen LogP contribution in [0, 0.1) is 0 Å². The summed E-state index contributed by atoms with van der Waals surface area (Å²) in [6, 6.07) is 0. The Kier molecular flexibility index (Phi) is 5.62. The monoisotopic (exact) mass is 243 g/mol. The van der Waals surface area contributed by atoms with Crippen LogP contribution in [-0.4, -0.2) is 27.2 Å². The van der Waals surface area contributed by atoms with E-state index in [9.17, 15) is 0 Å². The van der Waals surface area contributed by atoms with Crippen molar-refractivity contribution in [2.45, 2.75) is 44.2 Å². The molecule has 1 heterocycles. The Hall–Kier alpha value is -0.750. The SMILES string of the molecule is CCC(CC)c1nnc(SCCCN)n1N. The molecule has 92 valence electrons. The van der Waals surface area contributed by atoms with Gasteiger partial charge in [-0.25, -0.2) is 4.68 Å². The molecule has 0 aliphatic carbocycles. The maximum absolute atomic E-state index is 5.98. The van der Waals surface area contributed by atoms with E-state index in [0.29, 0.717) is 12.5 Å². The van der Waals surface area contributed by atoms with Gasteiger partial charge in [0.1, 0.15) is 0 Å². The molecular weight excluding hydrogens is 222 g/mol. The van der Waals surface area contributed by atoms with E-state index in [1.54, 1.807) is 16.4 Å². The van der Waals surface area contributed by atoms with Crippen molar-refractivity contribution in [3.63, 3.8) is 0 Å². The minimum absolute atomic E-state index is 0.404. The van der Waals surface area contributed by atoms with Crippen LogP contribution in [0.4, 0.5) is 0 Å². The van der Waals surface area contributed by atoms with Crippen LogP contribution in [0.25, 0.3) is 0 Å². The second-order valence-corrected chi connectivity index (χ2v) is 4.78. The molecule has 0 fully saturated rings. The quantitative estimate of drug-likeness (QED) is 0.429. The van der Waals surface area contributed by atoms with E-state index in [1.165, 1.54) is 0 Å². The van der Waals surface area contributed by atoms with Crippen molar-refractivity contribution in [2.24, 2.45) is 5.73 Å². The third-order valence-electron chi connectivity index (χ3n) is 2.62. The van der Waals surface area contributed by atoms with E-state index in [-0.39, 0.29) is 0 Å². The van der Waals surface area contributed by atoms with Crippen molar-refractivity contribution >= 4 is 11.8 Å². The fourth-order valence-corrected chi connectivity index (χ4v) is 2.39. The average molecular weight is 243 g/mol. The molecule has 16 heavy (non-hydrogen) atoms. The summed E-state index contributed by atoms with van der Waals surface area (Å²) in [4.78, 5) is 0. The fraction of sp³-hybridized carbons (Fsp3) is 0.800. The molecule has 0 saturated carbocycles. The average Bonchev–Trinajstić information content (AvgIpc) is 2.64. The number of hydrogen-bond donors (Lipinski definition) is 2. The Labute approximate surface area is 101 Å². The van der Waals surface area contributed by atoms with Crippen molar-refractivity contribution in [3.8, 4) is 0 Å². The standard InChI is InChI=1S/C10H21N5S/c1-3-8(4-2)9-13-14-10(15(9)12)16-7-5-6-11/h8H,3-7,11-12H2,1-2H3. The van der Waals surface area contributed by atoms with Gasteiger partial charge >= 0.3 is 0 Å². The number of rotatable bonds is 7. The van der Waals surface area contributed by atoms with Crippen LogP contribution >= 0.6 is 11.8 Å². The van der Waals surface area contributed by atoms with Gasteiger partial charge in [-0.1, -0.05) is 25.6 Å². The Morgan fingerprint density at radius 2 is 2.00 bits per heavy atom. The third-order valence-corrected chi connectivity index (χ3v) is 3.65. The van der Waals surface area contributed by atoms with Crippen LogP contribution in [0.3, 0.4) is 0 Å². The largest absolute Gasteiger partial charge is 0.336 e. The summed E-state index contributed by atoms with van der Waals surface area (Å²) in [5, 5.41) is 9.07. The molecule has 0 amide bonds. The number of nitrogens with zero attached hydrogens (tertiary/aromatic N) is 3. The highest BCUT2D eigenvalue weighted by atomic mass is 32.2. The van der Waals surface area contributed by atoms with E-state index < -0.39 is 0 Å². The normalized spacial score (nSPS) is 11.2. The van der Waals surface area contributed by atoms with Crippen LogP contribution in [-0.2, 0) is 0 Å². The highest BCUT2D eigenvalue weighted by Crippen LogP contribution is 2.23. The highest BCUT2D eigenvalue weighted by Gasteiger charge is 2.16. The zero-order chi connectivity index (χ0) is 12.0. The van der Waals surface area contributed by atoms with Crippen LogP contribution in [0.5, 0.6) is 0 Å². The molecule has 6 heteroatoms. The molecule has 4 N–H and O–H groups in total. The summed E-state index contributed by atoms with van der Waals surface area (Å²) >= 11 is 1.62. The number of thioether (sulfide) groups is 1. The lowest BCUT2D eigenvalue weighted by molar-refractivity contribution is 0.578. The lowest BCUT2D eigenvalue weighted by Crippen LogP contribution is -2.16. The van der Waals surface area contributed by atoms with Gasteiger partial charge in [0.2, 0.25) is 5.16 Å². The van der Waals surface area contributed by atoms with Gasteiger partial charge in [0.15, 0.2) is 5.82 Å². The van der Waals surface area contributed by atoms with Gasteiger partial charge in [0, 0.05) is 11.7 Å². The van der Waals surface area contributed by atoms with Gasteiger partial charge in [0.05, 0.1) is 0 Å². The lowest BCUT2D eigenvalue weighted by Gasteiger charge is -2.11. The molecule has 0 bridgehead atoms. The first kappa shape index (κ1) is 13.3. The Morgan fingerprint density at radius 1 is 1.31 bits per heavy atom. The Balaban J connectivity index is 2.67. The predicted octanol–water partition coefficient (Wildman–Crippen LogP) is 1.34. The molecule has 0 unspecified atom stereocenters. The van der Waals surface area contributed by atoms with Crippen molar-refractivity contribution in [1.82, 2.24) is 14.9 Å². The van der Waals surface area contributed by atoms with Gasteiger partial charge in [-0.3, -0.25) is 0 Å². The highest BCUT2D eigenvalue weighted by molar-refractivity contribution is 7.99. The van der Waals surface area contributed by atoms with Crippen molar-refractivity contribution in [2.75, 3.05) is 18.1 Å². The molecule has 1 rings (SSSR count). The topological polar surface area (TPSA) is 82.8 Å². The zero-order valence-corrected chi connectivity index (χ0v) is 10.8. The number of hydrogen-bond acceptors (Lipinski definition) is 5. The van der Waals surface area contributed by atoms with E-state index in [4.69, 9.17) is 11.6 Å². The van der Waals surface area contributed by atoms with Crippen LogP contribution in [0.2, 0.25) is 0 Å². The van der Waals surface area contributed by atoms with Gasteiger partial charge in [-0.15, -0.1) is 10.2 Å². The van der Waals surface area contributed by atoms with Gasteiger partial charge in [0.25, 0.3) is 0 Å². The molecule has 0 atom stereocenters.